The van der Waals surface area contributed by atoms with E-state index in [0.29, 0.717) is 12.3 Å². The van der Waals surface area contributed by atoms with Crippen LogP contribution in [0.3, 0.4) is 0 Å². The quantitative estimate of drug-likeness (QED) is 0.735. The van der Waals surface area contributed by atoms with E-state index in [-0.39, 0.29) is 6.61 Å². The second-order valence-electron chi connectivity index (χ2n) is 4.06. The molecule has 0 aliphatic rings. The Kier molecular flexibility index (Phi) is 4.93. The van der Waals surface area contributed by atoms with Crippen LogP contribution in [0.2, 0.25) is 0 Å². The minimum atomic E-state index is 0.205. The average Bonchev–Trinajstić information content (AvgIpc) is 2.62. The van der Waals surface area contributed by atoms with Crippen LogP contribution >= 0.6 is 0 Å². The Labute approximate surface area is 95.7 Å². The first-order valence-corrected chi connectivity index (χ1v) is 5.60. The summed E-state index contributed by atoms with van der Waals surface area (Å²) in [5, 5.41) is 25.5. The molecule has 0 amide bonds. The van der Waals surface area contributed by atoms with Gasteiger partial charge < -0.3 is 5.11 Å². The molecule has 0 bridgehead atoms. The first-order valence-electron chi connectivity index (χ1n) is 5.60. The fraction of sp³-hybridized carbons (Fsp3) is 0.727. The van der Waals surface area contributed by atoms with Gasteiger partial charge in [0, 0.05) is 13.2 Å². The highest BCUT2D eigenvalue weighted by atomic mass is 16.2. The van der Waals surface area contributed by atoms with Crippen LogP contribution in [-0.2, 0) is 13.0 Å². The van der Waals surface area contributed by atoms with Crippen LogP contribution in [-0.4, -0.2) is 26.7 Å². The Hall–Kier alpha value is -1.41. The maximum atomic E-state index is 8.72. The number of nitriles is 1. The second-order valence-corrected chi connectivity index (χ2v) is 4.06. The zero-order chi connectivity index (χ0) is 12.0. The van der Waals surface area contributed by atoms with Crippen LogP contribution in [0, 0.1) is 11.3 Å². The molecule has 0 saturated carbocycles. The number of aliphatic hydroxyl groups excluding tert-OH is 1. The monoisotopic (exact) mass is 222 g/mol. The second kappa shape index (κ2) is 6.23. The smallest absolute Gasteiger partial charge is 0.100 e. The molecular formula is C11H18N4O. The molecule has 0 aliphatic heterocycles. The summed E-state index contributed by atoms with van der Waals surface area (Å²) >= 11 is 0. The molecule has 0 spiro atoms. The minimum Gasteiger partial charge on any atom is -0.396 e. The van der Waals surface area contributed by atoms with Gasteiger partial charge in [0.25, 0.3) is 0 Å². The standard InChI is InChI=1S/C11H18N4O/c1-9(2)11-10(5-6-12)13-14-15(11)7-3-4-8-16/h9,16H,3-5,7-8H2,1-2H3. The Balaban J connectivity index is 2.79. The molecule has 1 N–H and O–H groups in total. The van der Waals surface area contributed by atoms with Gasteiger partial charge in [0.2, 0.25) is 0 Å². The van der Waals surface area contributed by atoms with E-state index < -0.39 is 0 Å². The van der Waals surface area contributed by atoms with E-state index in [0.717, 1.165) is 30.8 Å². The van der Waals surface area contributed by atoms with Crippen LogP contribution in [0.4, 0.5) is 0 Å². The van der Waals surface area contributed by atoms with E-state index in [4.69, 9.17) is 10.4 Å². The van der Waals surface area contributed by atoms with Crippen molar-refractivity contribution in [3.8, 4) is 6.07 Å². The van der Waals surface area contributed by atoms with E-state index in [9.17, 15) is 0 Å². The van der Waals surface area contributed by atoms with Gasteiger partial charge in [0.15, 0.2) is 0 Å². The zero-order valence-electron chi connectivity index (χ0n) is 9.85. The number of aryl methyl sites for hydroxylation is 1. The highest BCUT2D eigenvalue weighted by Crippen LogP contribution is 2.18. The molecule has 16 heavy (non-hydrogen) atoms. The van der Waals surface area contributed by atoms with Crippen molar-refractivity contribution in [3.63, 3.8) is 0 Å². The number of aliphatic hydroxyl groups is 1. The van der Waals surface area contributed by atoms with Crippen LogP contribution in [0.5, 0.6) is 0 Å². The average molecular weight is 222 g/mol. The van der Waals surface area contributed by atoms with E-state index in [2.05, 4.69) is 30.2 Å². The number of nitrogens with zero attached hydrogens (tertiary/aromatic N) is 4. The van der Waals surface area contributed by atoms with Crippen molar-refractivity contribution >= 4 is 0 Å². The van der Waals surface area contributed by atoms with Crippen molar-refractivity contribution in [1.82, 2.24) is 15.0 Å². The molecule has 0 saturated heterocycles. The lowest BCUT2D eigenvalue weighted by atomic mass is 10.1. The summed E-state index contributed by atoms with van der Waals surface area (Å²) in [6.45, 7) is 5.10. The third-order valence-electron chi connectivity index (χ3n) is 2.42. The summed E-state index contributed by atoms with van der Waals surface area (Å²) in [5.74, 6) is 0.312. The van der Waals surface area contributed by atoms with Gasteiger partial charge in [-0.1, -0.05) is 19.1 Å². The largest absolute Gasteiger partial charge is 0.396 e. The van der Waals surface area contributed by atoms with Crippen LogP contribution in [0.1, 0.15) is 44.0 Å². The molecule has 1 aromatic rings. The Morgan fingerprint density at radius 2 is 2.19 bits per heavy atom. The topological polar surface area (TPSA) is 74.7 Å². The Morgan fingerprint density at radius 3 is 2.75 bits per heavy atom. The number of hydrogen-bond acceptors (Lipinski definition) is 4. The lowest BCUT2D eigenvalue weighted by Crippen LogP contribution is -2.08. The third kappa shape index (κ3) is 3.04. The minimum absolute atomic E-state index is 0.205. The molecule has 0 fully saturated rings. The van der Waals surface area contributed by atoms with E-state index in [1.165, 1.54) is 0 Å². The third-order valence-corrected chi connectivity index (χ3v) is 2.42. The molecule has 88 valence electrons. The zero-order valence-corrected chi connectivity index (χ0v) is 9.85. The fourth-order valence-electron chi connectivity index (χ4n) is 1.73. The first kappa shape index (κ1) is 12.7. The Morgan fingerprint density at radius 1 is 1.44 bits per heavy atom. The van der Waals surface area contributed by atoms with Gasteiger partial charge in [-0.3, -0.25) is 0 Å². The summed E-state index contributed by atoms with van der Waals surface area (Å²) < 4.78 is 1.85. The summed E-state index contributed by atoms with van der Waals surface area (Å²) in [7, 11) is 0. The van der Waals surface area contributed by atoms with Gasteiger partial charge in [0.05, 0.1) is 18.2 Å². The molecule has 5 heteroatoms. The molecule has 0 aromatic carbocycles. The van der Waals surface area contributed by atoms with Gasteiger partial charge in [-0.05, 0) is 18.8 Å². The van der Waals surface area contributed by atoms with Crippen molar-refractivity contribution in [2.75, 3.05) is 6.61 Å². The molecule has 0 aliphatic carbocycles. The fourth-order valence-corrected chi connectivity index (χ4v) is 1.73. The van der Waals surface area contributed by atoms with E-state index in [1.54, 1.807) is 0 Å². The first-order chi connectivity index (χ1) is 7.70. The van der Waals surface area contributed by atoms with Gasteiger partial charge in [-0.2, -0.15) is 5.26 Å². The molecule has 1 rings (SSSR count). The van der Waals surface area contributed by atoms with E-state index in [1.807, 2.05) is 4.68 Å². The van der Waals surface area contributed by atoms with Crippen molar-refractivity contribution in [2.45, 2.75) is 45.6 Å². The van der Waals surface area contributed by atoms with Crippen LogP contribution in [0.15, 0.2) is 0 Å². The Bertz CT molecular complexity index is 365. The van der Waals surface area contributed by atoms with Gasteiger partial charge in [-0.25, -0.2) is 4.68 Å². The lowest BCUT2D eigenvalue weighted by Gasteiger charge is -2.09. The summed E-state index contributed by atoms with van der Waals surface area (Å²) in [6.07, 6.45) is 1.96. The molecule has 1 aromatic heterocycles. The maximum absolute atomic E-state index is 8.72. The molecule has 0 unspecified atom stereocenters. The molecule has 1 heterocycles. The number of unbranched alkanes of at least 4 members (excludes halogenated alkanes) is 1. The predicted octanol–water partition coefficient (Wildman–Crippen LogP) is 1.24. The van der Waals surface area contributed by atoms with Gasteiger partial charge >= 0.3 is 0 Å². The number of aromatic nitrogens is 3. The lowest BCUT2D eigenvalue weighted by molar-refractivity contribution is 0.279. The van der Waals surface area contributed by atoms with E-state index >= 15 is 0 Å². The summed E-state index contributed by atoms with van der Waals surface area (Å²) in [6, 6.07) is 2.10. The van der Waals surface area contributed by atoms with Gasteiger partial charge in [-0.15, -0.1) is 5.10 Å². The summed E-state index contributed by atoms with van der Waals surface area (Å²) in [5.41, 5.74) is 1.82. The number of hydrogen-bond donors (Lipinski definition) is 1. The molecule has 5 nitrogen and oxygen atoms in total. The van der Waals surface area contributed by atoms with Crippen LogP contribution < -0.4 is 0 Å². The van der Waals surface area contributed by atoms with Crippen molar-refractivity contribution in [3.05, 3.63) is 11.4 Å². The van der Waals surface area contributed by atoms with Crippen LogP contribution in [0.25, 0.3) is 0 Å². The number of rotatable bonds is 6. The van der Waals surface area contributed by atoms with Gasteiger partial charge in [0.1, 0.15) is 5.69 Å². The maximum Gasteiger partial charge on any atom is 0.100 e. The summed E-state index contributed by atoms with van der Waals surface area (Å²) in [4.78, 5) is 0. The highest BCUT2D eigenvalue weighted by Gasteiger charge is 2.15. The van der Waals surface area contributed by atoms with Crippen molar-refractivity contribution in [2.24, 2.45) is 0 Å². The molecule has 0 radical (unpaired) electrons. The molecule has 0 atom stereocenters. The SMILES string of the molecule is CC(C)c1c(CC#N)nnn1CCCCO. The van der Waals surface area contributed by atoms with Crippen molar-refractivity contribution in [1.29, 1.82) is 5.26 Å². The van der Waals surface area contributed by atoms with Crippen molar-refractivity contribution < 1.29 is 5.11 Å². The normalized spacial score (nSPS) is 10.7. The molecular weight excluding hydrogens is 204 g/mol. The highest BCUT2D eigenvalue weighted by molar-refractivity contribution is 5.17. The predicted molar refractivity (Wildman–Crippen MR) is 59.7 cm³/mol.